The van der Waals surface area contributed by atoms with Crippen LogP contribution in [0.15, 0.2) is 36.4 Å². The summed E-state index contributed by atoms with van der Waals surface area (Å²) in [5.74, 6) is 0.993. The molecule has 2 amide bonds. The van der Waals surface area contributed by atoms with Crippen LogP contribution >= 0.6 is 24.4 Å². The van der Waals surface area contributed by atoms with Crippen LogP contribution in [0.25, 0.3) is 22.5 Å². The molecule has 2 aromatic carbocycles. The molecule has 0 unspecified atom stereocenters. The van der Waals surface area contributed by atoms with Crippen LogP contribution in [0.3, 0.4) is 0 Å². The predicted molar refractivity (Wildman–Crippen MR) is 146 cm³/mol. The van der Waals surface area contributed by atoms with E-state index in [9.17, 15) is 9.59 Å². The van der Waals surface area contributed by atoms with E-state index in [1.165, 1.54) is 0 Å². The number of ether oxygens (including phenoxy) is 4. The molecule has 202 valence electrons. The van der Waals surface area contributed by atoms with E-state index < -0.39 is 11.8 Å². The summed E-state index contributed by atoms with van der Waals surface area (Å²) in [4.78, 5) is 41.4. The molecule has 12 nitrogen and oxygen atoms in total. The van der Waals surface area contributed by atoms with Gasteiger partial charge in [0, 0.05) is 22.5 Å². The molecule has 0 radical (unpaired) electrons. The quantitative estimate of drug-likeness (QED) is 0.207. The van der Waals surface area contributed by atoms with Crippen molar-refractivity contribution in [1.82, 2.24) is 30.8 Å². The molecule has 0 saturated carbocycles. The van der Waals surface area contributed by atoms with Gasteiger partial charge < -0.3 is 28.9 Å². The van der Waals surface area contributed by atoms with Crippen LogP contribution in [0.2, 0.25) is 0 Å². The summed E-state index contributed by atoms with van der Waals surface area (Å²) in [7, 11) is 0. The summed E-state index contributed by atoms with van der Waals surface area (Å²) in [6.45, 7) is 3.58. The number of carbonyl (C=O) groups is 2. The van der Waals surface area contributed by atoms with Gasteiger partial charge in [-0.3, -0.25) is 20.4 Å². The Morgan fingerprint density at radius 3 is 1.52 bits per heavy atom. The standard InChI is InChI=1S/C26H20N6O6S2/c1-11-19(21(29-25(39)27-11)13-3-5-15-17(7-13)37-9-35-15)23(33)31-32-24(34)20-12(2)28-26(40)30-22(20)14-4-6-16-18(8-14)38-10-36-16/h3-8H,9-10H2,1-2H3,(H,31,33)(H,32,34)(H,27,29,39)(H,28,30,40). The van der Waals surface area contributed by atoms with Crippen LogP contribution in [0.4, 0.5) is 0 Å². The molecular weight excluding hydrogens is 556 g/mol. The molecule has 4 aromatic rings. The Bertz CT molecular complexity index is 1700. The molecule has 0 fully saturated rings. The zero-order valence-electron chi connectivity index (χ0n) is 21.0. The Morgan fingerprint density at radius 1 is 0.700 bits per heavy atom. The van der Waals surface area contributed by atoms with Gasteiger partial charge in [-0.15, -0.1) is 0 Å². The number of hydrogen-bond donors (Lipinski definition) is 4. The van der Waals surface area contributed by atoms with E-state index in [4.69, 9.17) is 43.4 Å². The number of aromatic amines is 2. The van der Waals surface area contributed by atoms with Crippen LogP contribution in [0.1, 0.15) is 32.1 Å². The van der Waals surface area contributed by atoms with Gasteiger partial charge in [-0.05, 0) is 74.7 Å². The van der Waals surface area contributed by atoms with Crippen LogP contribution in [0.5, 0.6) is 23.0 Å². The summed E-state index contributed by atoms with van der Waals surface area (Å²) in [6, 6.07) is 10.4. The number of hydrazine groups is 1. The van der Waals surface area contributed by atoms with Crippen molar-refractivity contribution in [2.24, 2.45) is 0 Å². The average Bonchev–Trinajstić information content (AvgIpc) is 3.59. The number of benzene rings is 2. The molecule has 0 aliphatic carbocycles. The van der Waals surface area contributed by atoms with E-state index in [-0.39, 0.29) is 34.3 Å². The maximum absolute atomic E-state index is 13.4. The predicted octanol–water partition coefficient (Wildman–Crippen LogP) is 4.07. The maximum Gasteiger partial charge on any atom is 0.273 e. The first-order chi connectivity index (χ1) is 19.3. The molecule has 2 aromatic heterocycles. The van der Waals surface area contributed by atoms with E-state index in [0.29, 0.717) is 56.9 Å². The lowest BCUT2D eigenvalue weighted by Crippen LogP contribution is -2.42. The number of aromatic nitrogens is 4. The van der Waals surface area contributed by atoms with Gasteiger partial charge in [0.1, 0.15) is 0 Å². The molecule has 14 heteroatoms. The first-order valence-electron chi connectivity index (χ1n) is 11.9. The van der Waals surface area contributed by atoms with Gasteiger partial charge in [0.15, 0.2) is 32.5 Å². The fourth-order valence-corrected chi connectivity index (χ4v) is 4.96. The summed E-state index contributed by atoms with van der Waals surface area (Å²) in [5.41, 5.74) is 8.06. The highest BCUT2D eigenvalue weighted by Gasteiger charge is 2.24. The molecule has 4 heterocycles. The largest absolute Gasteiger partial charge is 0.454 e. The van der Waals surface area contributed by atoms with Crippen molar-refractivity contribution >= 4 is 36.3 Å². The number of H-pyrrole nitrogens is 2. The number of amides is 2. The number of hydrogen-bond acceptors (Lipinski definition) is 10. The molecule has 6 rings (SSSR count). The normalized spacial score (nSPS) is 12.8. The average molecular weight is 577 g/mol. The van der Waals surface area contributed by atoms with Crippen molar-refractivity contribution in [1.29, 1.82) is 0 Å². The van der Waals surface area contributed by atoms with Crippen LogP contribution in [-0.4, -0.2) is 45.3 Å². The van der Waals surface area contributed by atoms with Crippen LogP contribution in [0, 0.1) is 23.4 Å². The van der Waals surface area contributed by atoms with Crippen molar-refractivity contribution in [2.45, 2.75) is 13.8 Å². The zero-order chi connectivity index (χ0) is 28.0. The highest BCUT2D eigenvalue weighted by molar-refractivity contribution is 7.71. The van der Waals surface area contributed by atoms with Gasteiger partial charge in [0.25, 0.3) is 11.8 Å². The van der Waals surface area contributed by atoms with Gasteiger partial charge in [-0.1, -0.05) is 0 Å². The second-order valence-corrected chi connectivity index (χ2v) is 9.60. The number of nitrogens with one attached hydrogen (secondary N) is 4. The van der Waals surface area contributed by atoms with E-state index in [0.717, 1.165) is 0 Å². The molecule has 2 aliphatic rings. The Hall–Kier alpha value is -4.82. The molecule has 4 N–H and O–H groups in total. The molecule has 0 spiro atoms. The first kappa shape index (κ1) is 25.5. The zero-order valence-corrected chi connectivity index (χ0v) is 22.7. The van der Waals surface area contributed by atoms with Crippen molar-refractivity contribution in [3.63, 3.8) is 0 Å². The van der Waals surface area contributed by atoms with Gasteiger partial charge >= 0.3 is 0 Å². The number of rotatable bonds is 4. The van der Waals surface area contributed by atoms with Crippen molar-refractivity contribution in [2.75, 3.05) is 13.6 Å². The smallest absolute Gasteiger partial charge is 0.273 e. The molecule has 0 saturated heterocycles. The van der Waals surface area contributed by atoms with Crippen molar-refractivity contribution < 1.29 is 28.5 Å². The molecule has 0 atom stereocenters. The first-order valence-corrected chi connectivity index (χ1v) is 12.7. The highest BCUT2D eigenvalue weighted by atomic mass is 32.1. The Labute approximate surface area is 236 Å². The van der Waals surface area contributed by atoms with Gasteiger partial charge in [0.2, 0.25) is 13.6 Å². The van der Waals surface area contributed by atoms with Gasteiger partial charge in [0.05, 0.1) is 22.5 Å². The Balaban J connectivity index is 1.31. The lowest BCUT2D eigenvalue weighted by atomic mass is 10.0. The summed E-state index contributed by atoms with van der Waals surface area (Å²) >= 11 is 10.5. The lowest BCUT2D eigenvalue weighted by molar-refractivity contribution is 0.0845. The summed E-state index contributed by atoms with van der Waals surface area (Å²) in [6.07, 6.45) is 0. The minimum Gasteiger partial charge on any atom is -0.454 e. The van der Waals surface area contributed by atoms with E-state index in [2.05, 4.69) is 30.8 Å². The van der Waals surface area contributed by atoms with Crippen LogP contribution in [-0.2, 0) is 0 Å². The van der Waals surface area contributed by atoms with Crippen LogP contribution < -0.4 is 29.8 Å². The number of fused-ring (bicyclic) bond motifs is 2. The second-order valence-electron chi connectivity index (χ2n) is 8.83. The maximum atomic E-state index is 13.4. The SMILES string of the molecule is Cc1[nH]c(=S)nc(-c2ccc3c(c2)OCO3)c1C(=O)NNC(=O)c1c(-c2ccc3c(c2)OCO3)nc(=S)[nH]c1C. The number of carbonyl (C=O) groups excluding carboxylic acids is 2. The van der Waals surface area contributed by atoms with E-state index >= 15 is 0 Å². The molecule has 0 bridgehead atoms. The fourth-order valence-electron chi connectivity index (χ4n) is 4.47. The monoisotopic (exact) mass is 576 g/mol. The summed E-state index contributed by atoms with van der Waals surface area (Å²) in [5, 5.41) is 0. The minimum absolute atomic E-state index is 0.103. The molecule has 2 aliphatic heterocycles. The topological polar surface area (TPSA) is 152 Å². The van der Waals surface area contributed by atoms with Gasteiger partial charge in [-0.25, -0.2) is 9.97 Å². The third-order valence-corrected chi connectivity index (χ3v) is 6.66. The Morgan fingerprint density at radius 2 is 1.10 bits per heavy atom. The van der Waals surface area contributed by atoms with E-state index in [1.807, 2.05) is 0 Å². The molecular formula is C26H20N6O6S2. The fraction of sp³-hybridized carbons (Fsp3) is 0.154. The molecule has 40 heavy (non-hydrogen) atoms. The van der Waals surface area contributed by atoms with Crippen molar-refractivity contribution in [3.8, 4) is 45.5 Å². The third kappa shape index (κ3) is 4.63. The highest BCUT2D eigenvalue weighted by Crippen LogP contribution is 2.37. The Kier molecular flexibility index (Phi) is 6.40. The second kappa shape index (κ2) is 10.1. The number of nitrogens with zero attached hydrogens (tertiary/aromatic N) is 2. The van der Waals surface area contributed by atoms with E-state index in [1.54, 1.807) is 50.2 Å². The minimum atomic E-state index is -0.614. The summed E-state index contributed by atoms with van der Waals surface area (Å²) < 4.78 is 22.1. The van der Waals surface area contributed by atoms with Gasteiger partial charge in [-0.2, -0.15) is 0 Å². The number of aryl methyl sites for hydroxylation is 2. The lowest BCUT2D eigenvalue weighted by Gasteiger charge is -2.15. The third-order valence-electron chi connectivity index (χ3n) is 6.27. The van der Waals surface area contributed by atoms with Crippen molar-refractivity contribution in [3.05, 3.63) is 68.5 Å².